The van der Waals surface area contributed by atoms with Gasteiger partial charge in [-0.1, -0.05) is 6.07 Å². The third-order valence-corrected chi connectivity index (χ3v) is 4.99. The summed E-state index contributed by atoms with van der Waals surface area (Å²) in [5.74, 6) is -0.363. The molecule has 24 heavy (non-hydrogen) atoms. The molecule has 118 valence electrons. The number of hydrogen-bond donors (Lipinski definition) is 0. The fraction of sp³-hybridized carbons (Fsp3) is 0.105. The zero-order valence-electron chi connectivity index (χ0n) is 13.2. The second-order valence-corrected chi connectivity index (χ2v) is 6.32. The Morgan fingerprint density at radius 3 is 2.75 bits per heavy atom. The summed E-state index contributed by atoms with van der Waals surface area (Å²) < 4.78 is 4.82. The van der Waals surface area contributed by atoms with Crippen LogP contribution in [0.4, 0.5) is 0 Å². The monoisotopic (exact) mass is 334 g/mol. The van der Waals surface area contributed by atoms with Gasteiger partial charge in [0.2, 0.25) is 0 Å². The Labute approximate surface area is 142 Å². The molecule has 0 unspecified atom stereocenters. The van der Waals surface area contributed by atoms with E-state index >= 15 is 0 Å². The largest absolute Gasteiger partial charge is 0.465 e. The highest BCUT2D eigenvalue weighted by Gasteiger charge is 2.14. The summed E-state index contributed by atoms with van der Waals surface area (Å²) in [5.41, 5.74) is 4.48. The van der Waals surface area contributed by atoms with Gasteiger partial charge >= 0.3 is 5.97 Å². The topological polar surface area (TPSA) is 52.1 Å². The van der Waals surface area contributed by atoms with Crippen molar-refractivity contribution >= 4 is 39.0 Å². The SMILES string of the molecule is COC(=O)c1ccc2c(c1)nc(-c1cscc1C)c1ccncc12. The van der Waals surface area contributed by atoms with Crippen LogP contribution in [0.15, 0.2) is 47.4 Å². The van der Waals surface area contributed by atoms with Gasteiger partial charge in [-0.15, -0.1) is 0 Å². The van der Waals surface area contributed by atoms with Gasteiger partial charge in [0.25, 0.3) is 0 Å². The Hall–Kier alpha value is -2.79. The molecule has 0 radical (unpaired) electrons. The number of fused-ring (bicyclic) bond motifs is 3. The van der Waals surface area contributed by atoms with Crippen molar-refractivity contribution < 1.29 is 9.53 Å². The average molecular weight is 334 g/mol. The van der Waals surface area contributed by atoms with E-state index in [1.165, 1.54) is 12.7 Å². The number of ether oxygens (including phenoxy) is 1. The first-order valence-electron chi connectivity index (χ1n) is 7.48. The van der Waals surface area contributed by atoms with Crippen LogP contribution in [-0.2, 0) is 4.74 Å². The summed E-state index contributed by atoms with van der Waals surface area (Å²) >= 11 is 1.66. The number of nitrogens with zero attached hydrogens (tertiary/aromatic N) is 2. The molecule has 0 fully saturated rings. The first kappa shape index (κ1) is 14.8. The van der Waals surface area contributed by atoms with Crippen LogP contribution in [0.1, 0.15) is 15.9 Å². The second-order valence-electron chi connectivity index (χ2n) is 5.57. The molecule has 0 saturated carbocycles. The predicted octanol–water partition coefficient (Wildman–Crippen LogP) is 4.61. The number of thiophene rings is 1. The number of carbonyl (C=O) groups excluding carboxylic acids is 1. The van der Waals surface area contributed by atoms with Crippen molar-refractivity contribution in [1.82, 2.24) is 9.97 Å². The minimum absolute atomic E-state index is 0.363. The summed E-state index contributed by atoms with van der Waals surface area (Å²) in [5, 5.41) is 7.28. The van der Waals surface area contributed by atoms with E-state index in [4.69, 9.17) is 9.72 Å². The molecular weight excluding hydrogens is 320 g/mol. The molecule has 0 atom stereocenters. The number of aryl methyl sites for hydroxylation is 1. The second kappa shape index (κ2) is 5.69. The van der Waals surface area contributed by atoms with E-state index in [9.17, 15) is 4.79 Å². The zero-order valence-corrected chi connectivity index (χ0v) is 14.1. The molecule has 5 heteroatoms. The van der Waals surface area contributed by atoms with Crippen molar-refractivity contribution in [1.29, 1.82) is 0 Å². The molecule has 0 aliphatic carbocycles. The molecule has 0 saturated heterocycles. The smallest absolute Gasteiger partial charge is 0.337 e. The number of aromatic nitrogens is 2. The predicted molar refractivity (Wildman–Crippen MR) is 96.4 cm³/mol. The lowest BCUT2D eigenvalue weighted by atomic mass is 10.0. The summed E-state index contributed by atoms with van der Waals surface area (Å²) in [7, 11) is 1.38. The molecule has 4 nitrogen and oxygen atoms in total. The molecule has 3 heterocycles. The van der Waals surface area contributed by atoms with Gasteiger partial charge in [-0.05, 0) is 36.1 Å². The third-order valence-electron chi connectivity index (χ3n) is 4.13. The Balaban J connectivity index is 2.10. The van der Waals surface area contributed by atoms with Crippen molar-refractivity contribution in [2.75, 3.05) is 7.11 Å². The van der Waals surface area contributed by atoms with Crippen LogP contribution in [0.3, 0.4) is 0 Å². The van der Waals surface area contributed by atoms with Gasteiger partial charge in [0.15, 0.2) is 0 Å². The lowest BCUT2D eigenvalue weighted by molar-refractivity contribution is 0.0601. The summed E-state index contributed by atoms with van der Waals surface area (Å²) in [4.78, 5) is 20.9. The number of pyridine rings is 2. The van der Waals surface area contributed by atoms with E-state index in [0.29, 0.717) is 5.56 Å². The van der Waals surface area contributed by atoms with Gasteiger partial charge < -0.3 is 4.74 Å². The van der Waals surface area contributed by atoms with Gasteiger partial charge in [-0.3, -0.25) is 4.98 Å². The van der Waals surface area contributed by atoms with E-state index in [1.807, 2.05) is 18.3 Å². The molecule has 1 aromatic carbocycles. The van der Waals surface area contributed by atoms with E-state index in [1.54, 1.807) is 29.7 Å². The Kier molecular flexibility index (Phi) is 3.50. The quantitative estimate of drug-likeness (QED) is 0.397. The Bertz CT molecular complexity index is 1090. The summed E-state index contributed by atoms with van der Waals surface area (Å²) in [6.45, 7) is 2.08. The summed E-state index contributed by atoms with van der Waals surface area (Å²) in [6, 6.07) is 7.43. The average Bonchev–Trinajstić information content (AvgIpc) is 3.05. The highest BCUT2D eigenvalue weighted by Crippen LogP contribution is 2.35. The minimum atomic E-state index is -0.363. The van der Waals surface area contributed by atoms with Crippen molar-refractivity contribution in [2.45, 2.75) is 6.92 Å². The van der Waals surface area contributed by atoms with Gasteiger partial charge in [0.1, 0.15) is 0 Å². The molecule has 0 N–H and O–H groups in total. The van der Waals surface area contributed by atoms with Crippen LogP contribution >= 0.6 is 11.3 Å². The molecule has 4 rings (SSSR count). The fourth-order valence-corrected chi connectivity index (χ4v) is 3.73. The highest BCUT2D eigenvalue weighted by molar-refractivity contribution is 7.08. The zero-order chi connectivity index (χ0) is 16.7. The van der Waals surface area contributed by atoms with Crippen molar-refractivity contribution in [2.24, 2.45) is 0 Å². The lowest BCUT2D eigenvalue weighted by Gasteiger charge is -2.10. The van der Waals surface area contributed by atoms with Gasteiger partial charge in [-0.25, -0.2) is 9.78 Å². The molecule has 0 bridgehead atoms. The maximum absolute atomic E-state index is 11.8. The maximum Gasteiger partial charge on any atom is 0.337 e. The fourth-order valence-electron chi connectivity index (χ4n) is 2.90. The third kappa shape index (κ3) is 2.25. The molecule has 4 aromatic rings. The van der Waals surface area contributed by atoms with Crippen LogP contribution in [0.25, 0.3) is 32.9 Å². The lowest BCUT2D eigenvalue weighted by Crippen LogP contribution is -2.01. The van der Waals surface area contributed by atoms with E-state index in [-0.39, 0.29) is 5.97 Å². The first-order valence-corrected chi connectivity index (χ1v) is 8.42. The molecule has 0 aliphatic heterocycles. The number of carbonyl (C=O) groups is 1. The number of benzene rings is 1. The number of methoxy groups -OCH3 is 1. The Morgan fingerprint density at radius 2 is 2.00 bits per heavy atom. The standard InChI is InChI=1S/C19H14N2O2S/c1-11-9-24-10-16(11)18-14-5-6-20-8-15(14)13-4-3-12(19(22)23-2)7-17(13)21-18/h3-10H,1-2H3. The van der Waals surface area contributed by atoms with Crippen LogP contribution < -0.4 is 0 Å². The van der Waals surface area contributed by atoms with Crippen molar-refractivity contribution in [3.63, 3.8) is 0 Å². The van der Waals surface area contributed by atoms with Gasteiger partial charge in [-0.2, -0.15) is 11.3 Å². The number of rotatable bonds is 2. The van der Waals surface area contributed by atoms with Crippen LogP contribution in [0, 0.1) is 6.92 Å². The normalized spacial score (nSPS) is 11.1. The minimum Gasteiger partial charge on any atom is -0.465 e. The molecule has 3 aromatic heterocycles. The molecule has 0 amide bonds. The maximum atomic E-state index is 11.8. The molecular formula is C19H14N2O2S. The Morgan fingerprint density at radius 1 is 1.12 bits per heavy atom. The van der Waals surface area contributed by atoms with Crippen LogP contribution in [-0.4, -0.2) is 23.0 Å². The van der Waals surface area contributed by atoms with Crippen LogP contribution in [0.5, 0.6) is 0 Å². The number of esters is 1. The number of hydrogen-bond acceptors (Lipinski definition) is 5. The van der Waals surface area contributed by atoms with E-state index in [0.717, 1.165) is 32.9 Å². The first-order chi connectivity index (χ1) is 11.7. The molecule has 0 spiro atoms. The summed E-state index contributed by atoms with van der Waals surface area (Å²) in [6.07, 6.45) is 3.63. The van der Waals surface area contributed by atoms with Gasteiger partial charge in [0.05, 0.1) is 23.9 Å². The van der Waals surface area contributed by atoms with Crippen molar-refractivity contribution in [3.05, 3.63) is 58.5 Å². The van der Waals surface area contributed by atoms with E-state index in [2.05, 4.69) is 22.7 Å². The highest BCUT2D eigenvalue weighted by atomic mass is 32.1. The van der Waals surface area contributed by atoms with Crippen molar-refractivity contribution in [3.8, 4) is 11.3 Å². The van der Waals surface area contributed by atoms with E-state index < -0.39 is 0 Å². The molecule has 0 aliphatic rings. The van der Waals surface area contributed by atoms with Gasteiger partial charge in [0, 0.05) is 39.5 Å². The van der Waals surface area contributed by atoms with Crippen LogP contribution in [0.2, 0.25) is 0 Å².